The molecule has 2 atom stereocenters. The Balaban J connectivity index is 0.000000262. The van der Waals surface area contributed by atoms with Gasteiger partial charge in [0.05, 0.1) is 10.6 Å². The van der Waals surface area contributed by atoms with Crippen LogP contribution in [-0.4, -0.2) is 33.9 Å². The lowest BCUT2D eigenvalue weighted by molar-refractivity contribution is 0.105. The van der Waals surface area contributed by atoms with Crippen molar-refractivity contribution in [3.63, 3.8) is 0 Å². The van der Waals surface area contributed by atoms with Crippen LogP contribution in [0, 0.1) is 12.8 Å². The highest BCUT2D eigenvalue weighted by molar-refractivity contribution is 7.85. The summed E-state index contributed by atoms with van der Waals surface area (Å²) in [5.41, 5.74) is 7.42. The van der Waals surface area contributed by atoms with Crippen molar-refractivity contribution in [2.45, 2.75) is 44.2 Å². The quantitative estimate of drug-likeness (QED) is 0.486. The summed E-state index contributed by atoms with van der Waals surface area (Å²) in [6.45, 7) is 5.85. The van der Waals surface area contributed by atoms with Gasteiger partial charge in [-0.15, -0.1) is 5.10 Å². The molecular formula is C21H27N3O6S. The Morgan fingerprint density at radius 1 is 1.10 bits per heavy atom. The van der Waals surface area contributed by atoms with Crippen LogP contribution in [0.25, 0.3) is 5.69 Å². The number of aromatic nitrogens is 2. The summed E-state index contributed by atoms with van der Waals surface area (Å²) in [5.74, 6) is -0.350. The molecule has 9 nitrogen and oxygen atoms in total. The minimum Gasteiger partial charge on any atom is -0.389 e. The fourth-order valence-electron chi connectivity index (χ4n) is 2.71. The van der Waals surface area contributed by atoms with E-state index in [2.05, 4.69) is 5.10 Å². The maximum Gasteiger partial charge on any atom is 0.442 e. The molecule has 1 unspecified atom stereocenters. The third-order valence-corrected chi connectivity index (χ3v) is 5.15. The first-order valence-electron chi connectivity index (χ1n) is 9.62. The first kappa shape index (κ1) is 24.5. The molecule has 0 aliphatic rings. The Bertz CT molecular complexity index is 1120. The minimum absolute atomic E-state index is 0.0491. The molecule has 0 radical (unpaired) electrons. The zero-order chi connectivity index (χ0) is 23.2. The predicted molar refractivity (Wildman–Crippen MR) is 115 cm³/mol. The van der Waals surface area contributed by atoms with Crippen molar-refractivity contribution in [3.05, 3.63) is 76.6 Å². The first-order valence-corrected chi connectivity index (χ1v) is 11.1. The second-order valence-electron chi connectivity index (χ2n) is 7.48. The van der Waals surface area contributed by atoms with E-state index >= 15 is 0 Å². The Labute approximate surface area is 180 Å². The van der Waals surface area contributed by atoms with Gasteiger partial charge in [-0.25, -0.2) is 4.79 Å². The zero-order valence-corrected chi connectivity index (χ0v) is 18.4. The summed E-state index contributed by atoms with van der Waals surface area (Å²) in [6, 6.07) is 14.3. The smallest absolute Gasteiger partial charge is 0.389 e. The molecule has 4 N–H and O–H groups in total. The Morgan fingerprint density at radius 3 is 2.19 bits per heavy atom. The largest absolute Gasteiger partial charge is 0.442 e. The Hall–Kier alpha value is -2.79. The molecule has 0 bridgehead atoms. The molecule has 0 amide bonds. The summed E-state index contributed by atoms with van der Waals surface area (Å²) in [6.07, 6.45) is -0.474. The average molecular weight is 450 g/mol. The first-order chi connectivity index (χ1) is 14.5. The molecule has 3 rings (SSSR count). The van der Waals surface area contributed by atoms with Gasteiger partial charge in [-0.1, -0.05) is 49.7 Å². The van der Waals surface area contributed by atoms with Gasteiger partial charge in [0.25, 0.3) is 10.1 Å². The van der Waals surface area contributed by atoms with Crippen molar-refractivity contribution in [2.75, 3.05) is 0 Å². The van der Waals surface area contributed by atoms with E-state index in [4.69, 9.17) is 14.7 Å². The molecular weight excluding hydrogens is 422 g/mol. The number of para-hydroxylation sites is 1. The van der Waals surface area contributed by atoms with Gasteiger partial charge in [-0.05, 0) is 43.5 Å². The van der Waals surface area contributed by atoms with Gasteiger partial charge < -0.3 is 15.3 Å². The highest BCUT2D eigenvalue weighted by atomic mass is 32.2. The van der Waals surface area contributed by atoms with Crippen molar-refractivity contribution in [2.24, 2.45) is 11.7 Å². The van der Waals surface area contributed by atoms with Crippen LogP contribution in [0.3, 0.4) is 0 Å². The Kier molecular flexibility index (Phi) is 8.28. The van der Waals surface area contributed by atoms with Crippen LogP contribution >= 0.6 is 0 Å². The third kappa shape index (κ3) is 7.14. The number of nitrogens with two attached hydrogens (primary N) is 1. The Morgan fingerprint density at radius 2 is 1.68 bits per heavy atom. The molecule has 1 heterocycles. The van der Waals surface area contributed by atoms with Crippen LogP contribution < -0.4 is 11.5 Å². The number of nitrogens with zero attached hydrogens (tertiary/aromatic N) is 2. The molecule has 0 spiro atoms. The predicted octanol–water partition coefficient (Wildman–Crippen LogP) is 2.47. The van der Waals surface area contributed by atoms with Crippen LogP contribution in [0.1, 0.15) is 37.8 Å². The van der Waals surface area contributed by atoms with Crippen LogP contribution in [0.2, 0.25) is 0 Å². The van der Waals surface area contributed by atoms with E-state index in [1.54, 1.807) is 36.4 Å². The summed E-state index contributed by atoms with van der Waals surface area (Å²) >= 11 is 0. The van der Waals surface area contributed by atoms with Gasteiger partial charge in [-0.2, -0.15) is 13.1 Å². The number of hydrogen-bond donors (Lipinski definition) is 3. The van der Waals surface area contributed by atoms with E-state index in [0.717, 1.165) is 10.2 Å². The van der Waals surface area contributed by atoms with Gasteiger partial charge in [0.2, 0.25) is 5.89 Å². The molecule has 0 fully saturated rings. The van der Waals surface area contributed by atoms with Gasteiger partial charge in [0.1, 0.15) is 6.10 Å². The number of rotatable bonds is 6. The molecule has 0 aliphatic carbocycles. The van der Waals surface area contributed by atoms with Crippen LogP contribution in [-0.2, 0) is 10.1 Å². The van der Waals surface area contributed by atoms with Crippen LogP contribution in [0.5, 0.6) is 0 Å². The topological polar surface area (TPSA) is 149 Å². The number of benzene rings is 2. The van der Waals surface area contributed by atoms with Gasteiger partial charge >= 0.3 is 5.76 Å². The summed E-state index contributed by atoms with van der Waals surface area (Å²) in [5, 5.41) is 14.1. The van der Waals surface area contributed by atoms with E-state index in [9.17, 15) is 18.3 Å². The fourth-order valence-corrected chi connectivity index (χ4v) is 3.19. The lowest BCUT2D eigenvalue weighted by atomic mass is 10.0. The van der Waals surface area contributed by atoms with E-state index in [0.29, 0.717) is 18.0 Å². The normalized spacial score (nSPS) is 13.4. The van der Waals surface area contributed by atoms with Crippen molar-refractivity contribution >= 4 is 10.1 Å². The van der Waals surface area contributed by atoms with E-state index in [-0.39, 0.29) is 10.8 Å². The van der Waals surface area contributed by atoms with E-state index in [1.165, 1.54) is 12.1 Å². The highest BCUT2D eigenvalue weighted by Gasteiger charge is 2.24. The van der Waals surface area contributed by atoms with Crippen molar-refractivity contribution in [1.29, 1.82) is 0 Å². The average Bonchev–Trinajstić information content (AvgIpc) is 3.09. The van der Waals surface area contributed by atoms with Crippen LogP contribution in [0.4, 0.5) is 0 Å². The maximum absolute atomic E-state index is 11.8. The number of hydrogen-bond acceptors (Lipinski definition) is 7. The van der Waals surface area contributed by atoms with E-state index in [1.807, 2.05) is 26.8 Å². The SMILES string of the molecule is CC(C)C[C@H](N)C(O)c1nn(-c2ccccc2)c(=O)o1.Cc1ccc(S(=O)(=O)O)cc1. The molecule has 2 aromatic carbocycles. The summed E-state index contributed by atoms with van der Waals surface area (Å²) in [4.78, 5) is 11.7. The number of aliphatic hydroxyl groups excluding tert-OH is 1. The maximum atomic E-state index is 11.8. The molecule has 31 heavy (non-hydrogen) atoms. The molecule has 0 saturated heterocycles. The monoisotopic (exact) mass is 449 g/mol. The molecule has 1 aromatic heterocycles. The highest BCUT2D eigenvalue weighted by Crippen LogP contribution is 2.18. The van der Waals surface area contributed by atoms with Crippen molar-refractivity contribution in [1.82, 2.24) is 9.78 Å². The molecule has 168 valence electrons. The lowest BCUT2D eigenvalue weighted by Crippen LogP contribution is -2.30. The second-order valence-corrected chi connectivity index (χ2v) is 8.90. The van der Waals surface area contributed by atoms with Crippen molar-refractivity contribution in [3.8, 4) is 5.69 Å². The lowest BCUT2D eigenvalue weighted by Gasteiger charge is -2.17. The molecule has 0 saturated carbocycles. The van der Waals surface area contributed by atoms with E-state index < -0.39 is 28.0 Å². The minimum atomic E-state index is -4.02. The number of aliphatic hydroxyl groups is 1. The van der Waals surface area contributed by atoms with Gasteiger partial charge in [-0.3, -0.25) is 4.55 Å². The second kappa shape index (κ2) is 10.5. The third-order valence-electron chi connectivity index (χ3n) is 4.29. The molecule has 0 aliphatic heterocycles. The summed E-state index contributed by atoms with van der Waals surface area (Å²) in [7, 11) is -4.02. The molecule has 10 heteroatoms. The van der Waals surface area contributed by atoms with Gasteiger partial charge in [0, 0.05) is 6.04 Å². The number of aryl methyl sites for hydroxylation is 1. The fraction of sp³-hybridized carbons (Fsp3) is 0.333. The standard InChI is InChI=1S/C14H19N3O3.C7H8O3S/c1-9(2)8-11(15)12(18)13-16-17(14(19)20-13)10-6-4-3-5-7-10;1-6-2-4-7(5-3-6)11(8,9)10/h3-7,9,11-12,18H,8,15H2,1-2H3;2-5H,1H3,(H,8,9,10)/t11-,12?;/m0./s1. The van der Waals surface area contributed by atoms with Gasteiger partial charge in [0.15, 0.2) is 0 Å². The van der Waals surface area contributed by atoms with Crippen LogP contribution in [0.15, 0.2) is 68.7 Å². The zero-order valence-electron chi connectivity index (χ0n) is 17.5. The van der Waals surface area contributed by atoms with Crippen molar-refractivity contribution < 1.29 is 22.5 Å². The summed E-state index contributed by atoms with van der Waals surface area (Å²) < 4.78 is 35.7. The molecule has 3 aromatic rings.